The van der Waals surface area contributed by atoms with Crippen LogP contribution in [0.5, 0.6) is 0 Å². The highest BCUT2D eigenvalue weighted by molar-refractivity contribution is 5.81. The van der Waals surface area contributed by atoms with Gasteiger partial charge in [-0.15, -0.1) is 0 Å². The van der Waals surface area contributed by atoms with E-state index in [-0.39, 0.29) is 25.1 Å². The molecule has 0 saturated heterocycles. The number of nitrogens with one attached hydrogen (secondary N) is 1. The van der Waals surface area contributed by atoms with E-state index in [2.05, 4.69) is 17.1 Å². The van der Waals surface area contributed by atoms with E-state index in [0.717, 1.165) is 31.8 Å². The number of aliphatic hydroxyl groups excluding tert-OH is 1. The number of rotatable bonds is 9. The van der Waals surface area contributed by atoms with Crippen LogP contribution in [0.2, 0.25) is 0 Å². The molecule has 4 N–H and O–H groups in total. The van der Waals surface area contributed by atoms with Crippen molar-refractivity contribution in [3.8, 4) is 0 Å². The number of amides is 1. The van der Waals surface area contributed by atoms with Crippen molar-refractivity contribution in [3.05, 3.63) is 17.6 Å². The molecule has 0 aromatic heterocycles. The zero-order chi connectivity index (χ0) is 17.9. The van der Waals surface area contributed by atoms with Crippen LogP contribution in [0, 0.1) is 4.91 Å². The largest absolute Gasteiger partial charge is 0.456 e. The first-order valence-electron chi connectivity index (χ1n) is 7.95. The molecule has 24 heavy (non-hydrogen) atoms. The summed E-state index contributed by atoms with van der Waals surface area (Å²) in [5.74, 6) is -0.743. The van der Waals surface area contributed by atoms with Crippen molar-refractivity contribution in [2.24, 2.45) is 10.9 Å². The Balaban J connectivity index is 2.34. The van der Waals surface area contributed by atoms with Gasteiger partial charge in [-0.2, -0.15) is 4.91 Å². The van der Waals surface area contributed by atoms with E-state index >= 15 is 0 Å². The van der Waals surface area contributed by atoms with Crippen molar-refractivity contribution in [2.45, 2.75) is 56.4 Å². The van der Waals surface area contributed by atoms with Crippen LogP contribution in [-0.4, -0.2) is 54.6 Å². The summed E-state index contributed by atoms with van der Waals surface area (Å²) in [5, 5.41) is 15.0. The van der Waals surface area contributed by atoms with Gasteiger partial charge in [0.25, 0.3) is 0 Å². The van der Waals surface area contributed by atoms with Gasteiger partial charge < -0.3 is 25.6 Å². The van der Waals surface area contributed by atoms with Gasteiger partial charge in [0.1, 0.15) is 18.8 Å². The predicted molar refractivity (Wildman–Crippen MR) is 86.1 cm³/mol. The number of aliphatic hydroxyl groups is 1. The molecule has 9 heteroatoms. The monoisotopic (exact) mass is 343 g/mol. The standard InChI is InChI=1S/C15H25N3O6/c1-2-14(20)24-13(12(19)9-17-22)7-8-23-15(21)18-11-5-3-10(16)4-6-11/h2,10-13,19H,1,3-9,16H2,(H,18,21). The average molecular weight is 343 g/mol. The van der Waals surface area contributed by atoms with Crippen LogP contribution in [0.3, 0.4) is 0 Å². The van der Waals surface area contributed by atoms with Crippen LogP contribution in [0.4, 0.5) is 4.79 Å². The number of nitrogens with zero attached hydrogens (tertiary/aromatic N) is 1. The number of hydrogen-bond donors (Lipinski definition) is 3. The second-order valence-electron chi connectivity index (χ2n) is 5.74. The Bertz CT molecular complexity index is 437. The van der Waals surface area contributed by atoms with Gasteiger partial charge in [0, 0.05) is 24.6 Å². The minimum absolute atomic E-state index is 0.0385. The van der Waals surface area contributed by atoms with E-state index in [0.29, 0.717) is 0 Å². The minimum Gasteiger partial charge on any atom is -0.456 e. The summed E-state index contributed by atoms with van der Waals surface area (Å²) in [6.45, 7) is 2.74. The van der Waals surface area contributed by atoms with Gasteiger partial charge in [-0.1, -0.05) is 11.8 Å². The molecule has 1 aliphatic rings. The summed E-state index contributed by atoms with van der Waals surface area (Å²) in [5.41, 5.74) is 5.80. The molecule has 1 aliphatic carbocycles. The highest BCUT2D eigenvalue weighted by Crippen LogP contribution is 2.17. The van der Waals surface area contributed by atoms with Crippen molar-refractivity contribution in [2.75, 3.05) is 13.2 Å². The van der Waals surface area contributed by atoms with Crippen molar-refractivity contribution < 1.29 is 24.2 Å². The first-order chi connectivity index (χ1) is 11.5. The SMILES string of the molecule is C=CC(=O)OC(CCOC(=O)NC1CCC(N)CC1)C(O)CN=O. The summed E-state index contributed by atoms with van der Waals surface area (Å²) < 4.78 is 9.95. The predicted octanol–water partition coefficient (Wildman–Crippen LogP) is 0.598. The highest BCUT2D eigenvalue weighted by atomic mass is 16.6. The quantitative estimate of drug-likeness (QED) is 0.316. The molecule has 2 atom stereocenters. The second kappa shape index (κ2) is 10.7. The van der Waals surface area contributed by atoms with E-state index in [1.165, 1.54) is 0 Å². The summed E-state index contributed by atoms with van der Waals surface area (Å²) in [6, 6.07) is 0.226. The maximum Gasteiger partial charge on any atom is 0.407 e. The lowest BCUT2D eigenvalue weighted by Gasteiger charge is -2.26. The third-order valence-electron chi connectivity index (χ3n) is 3.85. The Morgan fingerprint density at radius 2 is 2.04 bits per heavy atom. The van der Waals surface area contributed by atoms with Crippen LogP contribution >= 0.6 is 0 Å². The fourth-order valence-corrected chi connectivity index (χ4v) is 2.46. The van der Waals surface area contributed by atoms with Crippen LogP contribution in [-0.2, 0) is 14.3 Å². The zero-order valence-electron chi connectivity index (χ0n) is 13.6. The summed E-state index contributed by atoms with van der Waals surface area (Å²) >= 11 is 0. The van der Waals surface area contributed by atoms with Gasteiger partial charge >= 0.3 is 12.1 Å². The number of carbonyl (C=O) groups excluding carboxylic acids is 2. The number of nitrogens with two attached hydrogens (primary N) is 1. The second-order valence-corrected chi connectivity index (χ2v) is 5.74. The highest BCUT2D eigenvalue weighted by Gasteiger charge is 2.24. The smallest absolute Gasteiger partial charge is 0.407 e. The van der Waals surface area contributed by atoms with E-state index in [1.807, 2.05) is 0 Å². The molecule has 136 valence electrons. The molecule has 2 unspecified atom stereocenters. The molecule has 1 fully saturated rings. The van der Waals surface area contributed by atoms with Crippen molar-refractivity contribution in [1.82, 2.24) is 5.32 Å². The summed E-state index contributed by atoms with van der Waals surface area (Å²) in [6.07, 6.45) is 1.46. The van der Waals surface area contributed by atoms with Crippen molar-refractivity contribution in [3.63, 3.8) is 0 Å². The lowest BCUT2D eigenvalue weighted by Crippen LogP contribution is -2.41. The Morgan fingerprint density at radius 3 is 2.62 bits per heavy atom. The molecule has 0 heterocycles. The van der Waals surface area contributed by atoms with Gasteiger partial charge in [-0.3, -0.25) is 0 Å². The Kier molecular flexibility index (Phi) is 8.95. The summed E-state index contributed by atoms with van der Waals surface area (Å²) in [7, 11) is 0. The average Bonchev–Trinajstić information content (AvgIpc) is 2.56. The molecule has 0 bridgehead atoms. The molecule has 0 spiro atoms. The third kappa shape index (κ3) is 7.51. The Labute approximate surface area is 140 Å². The number of ether oxygens (including phenoxy) is 2. The molecule has 0 aliphatic heterocycles. The fourth-order valence-electron chi connectivity index (χ4n) is 2.46. The van der Waals surface area contributed by atoms with Gasteiger partial charge in [-0.05, 0) is 25.7 Å². The van der Waals surface area contributed by atoms with Gasteiger partial charge in [0.05, 0.1) is 6.61 Å². The first kappa shape index (κ1) is 20.0. The molecule has 0 aromatic carbocycles. The van der Waals surface area contributed by atoms with Gasteiger partial charge in [0.15, 0.2) is 0 Å². The molecular formula is C15H25N3O6. The van der Waals surface area contributed by atoms with Crippen LogP contribution in [0.1, 0.15) is 32.1 Å². The normalized spacial score (nSPS) is 22.8. The van der Waals surface area contributed by atoms with Crippen molar-refractivity contribution in [1.29, 1.82) is 0 Å². The Morgan fingerprint density at radius 1 is 1.38 bits per heavy atom. The lowest BCUT2D eigenvalue weighted by molar-refractivity contribution is -0.149. The van der Waals surface area contributed by atoms with Crippen LogP contribution < -0.4 is 11.1 Å². The molecule has 1 saturated carbocycles. The molecule has 9 nitrogen and oxygen atoms in total. The lowest BCUT2D eigenvalue weighted by atomic mass is 9.92. The van der Waals surface area contributed by atoms with Crippen LogP contribution in [0.25, 0.3) is 0 Å². The zero-order valence-corrected chi connectivity index (χ0v) is 13.6. The van der Waals surface area contributed by atoms with E-state index in [1.54, 1.807) is 0 Å². The third-order valence-corrected chi connectivity index (χ3v) is 3.85. The number of nitroso groups, excluding NO2 is 1. The maximum atomic E-state index is 11.7. The number of carbonyl (C=O) groups is 2. The first-order valence-corrected chi connectivity index (χ1v) is 7.95. The number of alkyl carbamates (subject to hydrolysis) is 1. The maximum absolute atomic E-state index is 11.7. The minimum atomic E-state index is -1.27. The van der Waals surface area contributed by atoms with E-state index in [4.69, 9.17) is 15.2 Å². The van der Waals surface area contributed by atoms with Gasteiger partial charge in [0.2, 0.25) is 0 Å². The van der Waals surface area contributed by atoms with Gasteiger partial charge in [-0.25, -0.2) is 9.59 Å². The number of esters is 1. The molecule has 0 aromatic rings. The van der Waals surface area contributed by atoms with Crippen LogP contribution in [0.15, 0.2) is 17.8 Å². The van der Waals surface area contributed by atoms with E-state index < -0.39 is 30.8 Å². The molecule has 0 radical (unpaired) electrons. The topological polar surface area (TPSA) is 140 Å². The molecule has 1 rings (SSSR count). The molecule has 1 amide bonds. The van der Waals surface area contributed by atoms with Crippen molar-refractivity contribution >= 4 is 12.1 Å². The molecular weight excluding hydrogens is 318 g/mol. The van der Waals surface area contributed by atoms with E-state index in [9.17, 15) is 19.6 Å². The number of hydrogen-bond acceptors (Lipinski definition) is 8. The summed E-state index contributed by atoms with van der Waals surface area (Å²) in [4.78, 5) is 33.2. The fraction of sp³-hybridized carbons (Fsp3) is 0.733. The Hall–Kier alpha value is -2.00.